The predicted octanol–water partition coefficient (Wildman–Crippen LogP) is 2.84. The predicted molar refractivity (Wildman–Crippen MR) is 94.5 cm³/mol. The highest BCUT2D eigenvalue weighted by Crippen LogP contribution is 2.36. The van der Waals surface area contributed by atoms with E-state index in [0.29, 0.717) is 31.3 Å². The summed E-state index contributed by atoms with van der Waals surface area (Å²) in [4.78, 5) is 34.9. The van der Waals surface area contributed by atoms with Crippen molar-refractivity contribution in [1.29, 1.82) is 0 Å². The maximum Gasteiger partial charge on any atom is 0.427 e. The normalized spacial score (nSPS) is 22.2. The zero-order chi connectivity index (χ0) is 22.6. The Morgan fingerprint density at radius 3 is 2.03 bits per heavy atom. The molecule has 0 aromatic carbocycles. The Balaban J connectivity index is 2.52. The van der Waals surface area contributed by atoms with Gasteiger partial charge in [-0.3, -0.25) is 0 Å². The van der Waals surface area contributed by atoms with Gasteiger partial charge in [-0.05, 0) is 59.3 Å². The largest absolute Gasteiger partial charge is 0.459 e. The van der Waals surface area contributed by atoms with Crippen LogP contribution in [0.2, 0.25) is 0 Å². The molecule has 0 bridgehead atoms. The van der Waals surface area contributed by atoms with Crippen molar-refractivity contribution >= 4 is 17.9 Å². The third kappa shape index (κ3) is 6.73. The van der Waals surface area contributed by atoms with Crippen LogP contribution in [0.1, 0.15) is 53.4 Å². The molecule has 0 saturated heterocycles. The monoisotopic (exact) mass is 424 g/mol. The summed E-state index contributed by atoms with van der Waals surface area (Å²) in [6.45, 7) is 7.54. The summed E-state index contributed by atoms with van der Waals surface area (Å²) in [6.07, 6.45) is -3.18. The SMILES string of the molecule is C=C(C)C(=O)OC1CCC(C(C)(C)OC(=O)COC(=O)C(C)(O)C(F)(F)F)CC1. The van der Waals surface area contributed by atoms with Crippen molar-refractivity contribution in [3.8, 4) is 0 Å². The van der Waals surface area contributed by atoms with Crippen molar-refractivity contribution in [1.82, 2.24) is 0 Å². The second-order valence-corrected chi connectivity index (χ2v) is 7.88. The molecule has 1 aliphatic rings. The maximum atomic E-state index is 12.6. The molecule has 7 nitrogen and oxygen atoms in total. The number of alkyl halides is 3. The fraction of sp³-hybridized carbons (Fsp3) is 0.737. The molecule has 1 saturated carbocycles. The molecule has 10 heteroatoms. The second-order valence-electron chi connectivity index (χ2n) is 7.88. The molecule has 1 atom stereocenters. The fourth-order valence-corrected chi connectivity index (χ4v) is 2.91. The van der Waals surface area contributed by atoms with Gasteiger partial charge in [0, 0.05) is 5.57 Å². The molecule has 0 radical (unpaired) electrons. The van der Waals surface area contributed by atoms with E-state index in [9.17, 15) is 32.7 Å². The van der Waals surface area contributed by atoms with Gasteiger partial charge in [0.1, 0.15) is 11.7 Å². The van der Waals surface area contributed by atoms with E-state index < -0.39 is 41.9 Å². The van der Waals surface area contributed by atoms with Crippen molar-refractivity contribution in [2.45, 2.75) is 76.9 Å². The van der Waals surface area contributed by atoms with E-state index >= 15 is 0 Å². The van der Waals surface area contributed by atoms with E-state index in [4.69, 9.17) is 9.47 Å². The van der Waals surface area contributed by atoms with Gasteiger partial charge in [-0.15, -0.1) is 0 Å². The Bertz CT molecular complexity index is 645. The Kier molecular flexibility index (Phi) is 7.87. The molecule has 0 aliphatic heterocycles. The van der Waals surface area contributed by atoms with Gasteiger partial charge in [-0.25, -0.2) is 14.4 Å². The minimum atomic E-state index is -5.24. The maximum absolute atomic E-state index is 12.6. The first-order valence-electron chi connectivity index (χ1n) is 9.12. The number of esters is 3. The van der Waals surface area contributed by atoms with E-state index in [1.54, 1.807) is 20.8 Å². The number of hydrogen-bond acceptors (Lipinski definition) is 7. The van der Waals surface area contributed by atoms with Crippen molar-refractivity contribution in [3.63, 3.8) is 0 Å². The van der Waals surface area contributed by atoms with Crippen molar-refractivity contribution in [2.24, 2.45) is 5.92 Å². The van der Waals surface area contributed by atoms with Crippen LogP contribution in [-0.4, -0.2) is 53.1 Å². The van der Waals surface area contributed by atoms with E-state index in [2.05, 4.69) is 11.3 Å². The van der Waals surface area contributed by atoms with Crippen molar-refractivity contribution in [2.75, 3.05) is 6.61 Å². The molecule has 166 valence electrons. The molecular weight excluding hydrogens is 397 g/mol. The number of carbonyl (C=O) groups excluding carboxylic acids is 3. The summed E-state index contributed by atoms with van der Waals surface area (Å²) >= 11 is 0. The molecule has 1 rings (SSSR count). The van der Waals surface area contributed by atoms with Crippen LogP contribution in [0.15, 0.2) is 12.2 Å². The van der Waals surface area contributed by atoms with Crippen LogP contribution in [0.25, 0.3) is 0 Å². The average molecular weight is 424 g/mol. The number of ether oxygens (including phenoxy) is 3. The Labute approximate surface area is 167 Å². The third-order valence-electron chi connectivity index (χ3n) is 4.93. The van der Waals surface area contributed by atoms with Gasteiger partial charge in [-0.1, -0.05) is 6.58 Å². The summed E-state index contributed by atoms with van der Waals surface area (Å²) in [5, 5.41) is 9.20. The highest BCUT2D eigenvalue weighted by molar-refractivity contribution is 5.87. The number of rotatable bonds is 7. The van der Waals surface area contributed by atoms with E-state index in [0.717, 1.165) is 0 Å². The molecule has 0 spiro atoms. The number of halogens is 3. The average Bonchev–Trinajstić information content (AvgIpc) is 2.58. The molecular formula is C19H27F3O7. The highest BCUT2D eigenvalue weighted by atomic mass is 19.4. The number of carbonyl (C=O) groups is 3. The molecule has 1 unspecified atom stereocenters. The van der Waals surface area contributed by atoms with Crippen molar-refractivity contribution < 1.29 is 46.9 Å². The molecule has 1 aliphatic carbocycles. The van der Waals surface area contributed by atoms with Gasteiger partial charge in [0.15, 0.2) is 6.61 Å². The summed E-state index contributed by atoms with van der Waals surface area (Å²) in [5.41, 5.74) is -4.39. The quantitative estimate of drug-likeness (QED) is 0.381. The molecule has 1 fully saturated rings. The zero-order valence-electron chi connectivity index (χ0n) is 16.9. The first-order valence-corrected chi connectivity index (χ1v) is 9.12. The Morgan fingerprint density at radius 1 is 1.07 bits per heavy atom. The summed E-state index contributed by atoms with van der Waals surface area (Å²) in [5.74, 6) is -3.56. The molecule has 0 aromatic heterocycles. The minimum absolute atomic E-state index is 0.0831. The van der Waals surface area contributed by atoms with Crippen LogP contribution >= 0.6 is 0 Å². The van der Waals surface area contributed by atoms with Gasteiger partial charge in [0.2, 0.25) is 0 Å². The first-order chi connectivity index (χ1) is 13.1. The van der Waals surface area contributed by atoms with E-state index in [1.807, 2.05) is 0 Å². The van der Waals surface area contributed by atoms with Crippen LogP contribution in [0.3, 0.4) is 0 Å². The lowest BCUT2D eigenvalue weighted by atomic mass is 9.77. The van der Waals surface area contributed by atoms with Crippen molar-refractivity contribution in [3.05, 3.63) is 12.2 Å². The topological polar surface area (TPSA) is 99.1 Å². The lowest BCUT2D eigenvalue weighted by Gasteiger charge is -2.38. The lowest BCUT2D eigenvalue weighted by molar-refractivity contribution is -0.257. The second kappa shape index (κ2) is 9.15. The molecule has 0 amide bonds. The van der Waals surface area contributed by atoms with Crippen LogP contribution in [0.4, 0.5) is 13.2 Å². The summed E-state index contributed by atoms with van der Waals surface area (Å²) in [6, 6.07) is 0. The summed E-state index contributed by atoms with van der Waals surface area (Å²) in [7, 11) is 0. The Morgan fingerprint density at radius 2 is 1.59 bits per heavy atom. The van der Waals surface area contributed by atoms with Gasteiger partial charge in [0.05, 0.1) is 0 Å². The van der Waals surface area contributed by atoms with E-state index in [1.165, 1.54) is 0 Å². The first kappa shape index (κ1) is 24.9. The number of aliphatic hydroxyl groups is 1. The van der Waals surface area contributed by atoms with Crippen LogP contribution in [0.5, 0.6) is 0 Å². The zero-order valence-corrected chi connectivity index (χ0v) is 16.9. The molecule has 0 heterocycles. The highest BCUT2D eigenvalue weighted by Gasteiger charge is 2.57. The standard InChI is InChI=1S/C19H27F3O7/c1-11(2)15(24)28-13-8-6-12(7-9-13)17(3,4)29-14(23)10-27-16(25)18(5,26)19(20,21)22/h12-13,26H,1,6-10H2,2-5H3. The van der Waals surface area contributed by atoms with Gasteiger partial charge in [0.25, 0.3) is 5.60 Å². The van der Waals surface area contributed by atoms with Crippen LogP contribution < -0.4 is 0 Å². The van der Waals surface area contributed by atoms with Crippen LogP contribution in [0, 0.1) is 5.92 Å². The summed E-state index contributed by atoms with van der Waals surface area (Å²) < 4.78 is 52.6. The van der Waals surface area contributed by atoms with Crippen LogP contribution in [-0.2, 0) is 28.6 Å². The fourth-order valence-electron chi connectivity index (χ4n) is 2.91. The van der Waals surface area contributed by atoms with Gasteiger partial charge in [-0.2, -0.15) is 13.2 Å². The molecule has 29 heavy (non-hydrogen) atoms. The number of hydrogen-bond donors (Lipinski definition) is 1. The lowest BCUT2D eigenvalue weighted by Crippen LogP contribution is -2.50. The molecule has 1 N–H and O–H groups in total. The Hall–Kier alpha value is -2.10. The van der Waals surface area contributed by atoms with E-state index in [-0.39, 0.29) is 18.9 Å². The minimum Gasteiger partial charge on any atom is -0.459 e. The third-order valence-corrected chi connectivity index (χ3v) is 4.93. The smallest absolute Gasteiger partial charge is 0.427 e. The molecule has 0 aromatic rings. The van der Waals surface area contributed by atoms with Gasteiger partial charge >= 0.3 is 24.1 Å². The van der Waals surface area contributed by atoms with Gasteiger partial charge < -0.3 is 19.3 Å².